The Kier molecular flexibility index (Phi) is 5.91. The Balaban J connectivity index is 1.64. The van der Waals surface area contributed by atoms with Crippen LogP contribution in [0.15, 0.2) is 29.8 Å². The van der Waals surface area contributed by atoms with Crippen molar-refractivity contribution in [1.82, 2.24) is 9.80 Å². The number of carbonyl (C=O) groups is 5. The number of phenols is 1. The topological polar surface area (TPSA) is 132 Å². The molecule has 2 aliphatic heterocycles. The van der Waals surface area contributed by atoms with E-state index in [0.29, 0.717) is 5.57 Å². The SMILES string of the molecule is CN1C(=O)[C@]2(Cl)C[C@@H]3C(=CC[C@@H]4C(=O)N(CCCC(=O)O)C(=O)[C@@H]43)[C@H](c3cccc(F)c3O)[C@]2(Cl)C1=O. The Labute approximate surface area is 220 Å². The molecule has 1 aromatic carbocycles. The number of allylic oxidation sites excluding steroid dienone is 2. The number of para-hydroxylation sites is 1. The van der Waals surface area contributed by atoms with E-state index >= 15 is 0 Å². The minimum atomic E-state index is -2.12. The second-order valence-electron chi connectivity index (χ2n) is 10.0. The van der Waals surface area contributed by atoms with Crippen molar-refractivity contribution in [2.45, 2.75) is 41.3 Å². The maximum atomic E-state index is 14.5. The molecular formula is C25H23Cl2FN2O7. The third-order valence-electron chi connectivity index (χ3n) is 8.21. The van der Waals surface area contributed by atoms with Crippen LogP contribution in [0.3, 0.4) is 0 Å². The fourth-order valence-corrected chi connectivity index (χ4v) is 7.54. The Morgan fingerprint density at radius 3 is 2.51 bits per heavy atom. The summed E-state index contributed by atoms with van der Waals surface area (Å²) in [7, 11) is 1.23. The molecule has 0 aromatic heterocycles. The second kappa shape index (κ2) is 8.52. The van der Waals surface area contributed by atoms with Crippen LogP contribution in [0.2, 0.25) is 0 Å². The molecule has 2 saturated heterocycles. The zero-order valence-corrected chi connectivity index (χ0v) is 21.1. The molecular weight excluding hydrogens is 530 g/mol. The number of halogens is 3. The fourth-order valence-electron chi connectivity index (χ4n) is 6.53. The first kappa shape index (κ1) is 25.7. The van der Waals surface area contributed by atoms with Crippen LogP contribution in [-0.2, 0) is 24.0 Å². The van der Waals surface area contributed by atoms with Gasteiger partial charge >= 0.3 is 5.97 Å². The van der Waals surface area contributed by atoms with Crippen LogP contribution in [0.4, 0.5) is 4.39 Å². The molecule has 12 heteroatoms. The molecule has 3 fully saturated rings. The molecule has 0 unspecified atom stereocenters. The number of amides is 4. The number of rotatable bonds is 5. The lowest BCUT2D eigenvalue weighted by molar-refractivity contribution is -0.142. The van der Waals surface area contributed by atoms with E-state index in [1.165, 1.54) is 19.2 Å². The average Bonchev–Trinajstić information content (AvgIpc) is 3.16. The van der Waals surface area contributed by atoms with E-state index in [2.05, 4.69) is 0 Å². The molecule has 0 radical (unpaired) electrons. The molecule has 4 amide bonds. The van der Waals surface area contributed by atoms with Crippen LogP contribution in [-0.4, -0.2) is 73.0 Å². The lowest BCUT2D eigenvalue weighted by atomic mass is 9.56. The summed E-state index contributed by atoms with van der Waals surface area (Å²) in [5.41, 5.74) is 0.374. The molecule has 6 atom stereocenters. The zero-order valence-electron chi connectivity index (χ0n) is 19.6. The van der Waals surface area contributed by atoms with Crippen molar-refractivity contribution in [3.05, 3.63) is 41.2 Å². The number of carbonyl (C=O) groups excluding carboxylic acids is 4. The largest absolute Gasteiger partial charge is 0.505 e. The average molecular weight is 553 g/mol. The number of aliphatic carboxylic acids is 1. The summed E-state index contributed by atoms with van der Waals surface area (Å²) in [6, 6.07) is 3.74. The zero-order chi connectivity index (χ0) is 27.0. The first-order valence-electron chi connectivity index (χ1n) is 11.8. The van der Waals surface area contributed by atoms with Crippen molar-refractivity contribution in [3.63, 3.8) is 0 Å². The lowest BCUT2D eigenvalue weighted by Gasteiger charge is -2.50. The molecule has 196 valence electrons. The van der Waals surface area contributed by atoms with Gasteiger partial charge in [0.1, 0.15) is 0 Å². The van der Waals surface area contributed by atoms with Gasteiger partial charge in [-0.15, -0.1) is 23.2 Å². The highest BCUT2D eigenvalue weighted by atomic mass is 35.5. The lowest BCUT2D eigenvalue weighted by Crippen LogP contribution is -2.60. The quantitative estimate of drug-likeness (QED) is 0.325. The second-order valence-corrected chi connectivity index (χ2v) is 11.2. The van der Waals surface area contributed by atoms with Crippen LogP contribution in [0.25, 0.3) is 0 Å². The van der Waals surface area contributed by atoms with E-state index in [4.69, 9.17) is 28.3 Å². The normalized spacial score (nSPS) is 34.9. The molecule has 9 nitrogen and oxygen atoms in total. The summed E-state index contributed by atoms with van der Waals surface area (Å²) in [6.07, 6.45) is 1.42. The number of carboxylic acids is 1. The van der Waals surface area contributed by atoms with E-state index in [-0.39, 0.29) is 37.8 Å². The molecule has 4 aliphatic rings. The van der Waals surface area contributed by atoms with Gasteiger partial charge in [0.05, 0.1) is 11.8 Å². The number of fused-ring (bicyclic) bond motifs is 4. The van der Waals surface area contributed by atoms with Gasteiger partial charge in [-0.3, -0.25) is 33.8 Å². The first-order chi connectivity index (χ1) is 17.4. The fraction of sp³-hybridized carbons (Fsp3) is 0.480. The summed E-state index contributed by atoms with van der Waals surface area (Å²) in [6.45, 7) is -0.0707. The van der Waals surface area contributed by atoms with Gasteiger partial charge in [0.15, 0.2) is 21.3 Å². The maximum absolute atomic E-state index is 14.5. The van der Waals surface area contributed by atoms with Gasteiger partial charge in [-0.25, -0.2) is 4.39 Å². The van der Waals surface area contributed by atoms with Crippen molar-refractivity contribution in [1.29, 1.82) is 0 Å². The summed E-state index contributed by atoms with van der Waals surface area (Å²) in [4.78, 5) is 62.0. The standard InChI is InChI=1S/C25H23Cl2FN2O7/c1-29-22(36)24(26)10-14-11(18(25(24,27)23(29)37)13-4-2-5-15(28)19(13)33)7-8-12-17(14)21(35)30(20(12)34)9-3-6-16(31)32/h2,4-5,7,12,14,17-18,33H,3,6,8-10H2,1H3,(H,31,32)/t12-,14+,17-,18+,24+,25-/m0/s1. The molecule has 2 aliphatic carbocycles. The Bertz CT molecular complexity index is 1300. The van der Waals surface area contributed by atoms with Crippen LogP contribution in [0, 0.1) is 23.6 Å². The van der Waals surface area contributed by atoms with E-state index in [1.54, 1.807) is 6.08 Å². The Morgan fingerprint density at radius 1 is 1.14 bits per heavy atom. The number of imide groups is 2. The maximum Gasteiger partial charge on any atom is 0.303 e. The highest BCUT2D eigenvalue weighted by Gasteiger charge is 2.76. The summed E-state index contributed by atoms with van der Waals surface area (Å²) in [5.74, 6) is -9.09. The summed E-state index contributed by atoms with van der Waals surface area (Å²) in [5, 5.41) is 19.6. The number of phenolic OH excluding ortho intramolecular Hbond substituents is 1. The number of hydrogen-bond donors (Lipinski definition) is 2. The minimum absolute atomic E-state index is 0.0547. The first-order valence-corrected chi connectivity index (χ1v) is 12.6. The van der Waals surface area contributed by atoms with Crippen LogP contribution < -0.4 is 0 Å². The number of carboxylic acid groups (broad SMARTS) is 1. The van der Waals surface area contributed by atoms with Gasteiger partial charge in [0.25, 0.3) is 11.8 Å². The molecule has 2 heterocycles. The predicted molar refractivity (Wildman–Crippen MR) is 127 cm³/mol. The van der Waals surface area contributed by atoms with E-state index < -0.39 is 74.6 Å². The third-order valence-corrected chi connectivity index (χ3v) is 9.62. The predicted octanol–water partition coefficient (Wildman–Crippen LogP) is 2.38. The highest BCUT2D eigenvalue weighted by molar-refractivity contribution is 6.53. The van der Waals surface area contributed by atoms with Crippen LogP contribution in [0.5, 0.6) is 5.75 Å². The van der Waals surface area contributed by atoms with Crippen molar-refractivity contribution >= 4 is 52.8 Å². The van der Waals surface area contributed by atoms with Gasteiger partial charge < -0.3 is 10.2 Å². The van der Waals surface area contributed by atoms with E-state index in [1.807, 2.05) is 0 Å². The molecule has 5 rings (SSSR count). The number of hydrogen-bond acceptors (Lipinski definition) is 6. The van der Waals surface area contributed by atoms with Gasteiger partial charge in [-0.05, 0) is 31.2 Å². The van der Waals surface area contributed by atoms with Gasteiger partial charge in [0.2, 0.25) is 11.8 Å². The molecule has 1 saturated carbocycles. The number of nitrogens with zero attached hydrogens (tertiary/aromatic N) is 2. The Hall–Kier alpha value is -2.98. The summed E-state index contributed by atoms with van der Waals surface area (Å²) >= 11 is 13.9. The van der Waals surface area contributed by atoms with Gasteiger partial charge in [-0.2, -0.15) is 0 Å². The summed E-state index contributed by atoms with van der Waals surface area (Å²) < 4.78 is 14.5. The van der Waals surface area contributed by atoms with Crippen LogP contribution in [0.1, 0.15) is 37.2 Å². The van der Waals surface area contributed by atoms with E-state index in [9.17, 15) is 33.5 Å². The molecule has 2 N–H and O–H groups in total. The number of aromatic hydroxyl groups is 1. The minimum Gasteiger partial charge on any atom is -0.505 e. The molecule has 1 aromatic rings. The highest BCUT2D eigenvalue weighted by Crippen LogP contribution is 2.66. The Morgan fingerprint density at radius 2 is 1.84 bits per heavy atom. The van der Waals surface area contributed by atoms with Crippen molar-refractivity contribution in [3.8, 4) is 5.75 Å². The molecule has 37 heavy (non-hydrogen) atoms. The van der Waals surface area contributed by atoms with Crippen molar-refractivity contribution in [2.24, 2.45) is 17.8 Å². The number of benzene rings is 1. The molecule has 0 bridgehead atoms. The smallest absolute Gasteiger partial charge is 0.303 e. The number of likely N-dealkylation sites (tertiary alicyclic amines) is 2. The monoisotopic (exact) mass is 552 g/mol. The number of alkyl halides is 2. The van der Waals surface area contributed by atoms with Crippen molar-refractivity contribution < 1.29 is 38.6 Å². The van der Waals surface area contributed by atoms with Crippen molar-refractivity contribution in [2.75, 3.05) is 13.6 Å². The van der Waals surface area contributed by atoms with Crippen LogP contribution >= 0.6 is 23.2 Å². The van der Waals surface area contributed by atoms with E-state index in [0.717, 1.165) is 15.9 Å². The third kappa shape index (κ3) is 3.31. The van der Waals surface area contributed by atoms with Gasteiger partial charge in [-0.1, -0.05) is 23.8 Å². The van der Waals surface area contributed by atoms with Gasteiger partial charge in [0, 0.05) is 31.5 Å². The molecule has 0 spiro atoms.